The third-order valence-corrected chi connectivity index (χ3v) is 3.56. The van der Waals surface area contributed by atoms with E-state index in [0.29, 0.717) is 18.1 Å². The minimum absolute atomic E-state index is 0.489. The van der Waals surface area contributed by atoms with Gasteiger partial charge in [0.2, 0.25) is 5.76 Å². The summed E-state index contributed by atoms with van der Waals surface area (Å²) in [6.45, 7) is 4.10. The van der Waals surface area contributed by atoms with Gasteiger partial charge in [-0.3, -0.25) is 0 Å². The average molecular weight is 307 g/mol. The van der Waals surface area contributed by atoms with Crippen molar-refractivity contribution in [1.29, 1.82) is 0 Å². The lowest BCUT2D eigenvalue weighted by Gasteiger charge is -2.07. The van der Waals surface area contributed by atoms with Gasteiger partial charge in [0, 0.05) is 23.5 Å². The zero-order valence-corrected chi connectivity index (χ0v) is 13.0. The molecule has 0 aliphatic rings. The van der Waals surface area contributed by atoms with Crippen molar-refractivity contribution in [2.24, 2.45) is 0 Å². The molecule has 0 fully saturated rings. The Kier molecular flexibility index (Phi) is 4.26. The normalized spacial score (nSPS) is 11.8. The summed E-state index contributed by atoms with van der Waals surface area (Å²) in [5.41, 5.74) is 2.61. The molecule has 0 aliphatic carbocycles. The number of benzene rings is 1. The van der Waals surface area contributed by atoms with E-state index in [2.05, 4.69) is 22.0 Å². The first kappa shape index (κ1) is 15.1. The Bertz CT molecular complexity index is 851. The van der Waals surface area contributed by atoms with E-state index >= 15 is 0 Å². The number of hydrogen-bond acceptors (Lipinski definition) is 4. The summed E-state index contributed by atoms with van der Waals surface area (Å²) in [7, 11) is 0. The fourth-order valence-corrected chi connectivity index (χ4v) is 2.27. The summed E-state index contributed by atoms with van der Waals surface area (Å²) < 4.78 is 7.20. The van der Waals surface area contributed by atoms with Crippen molar-refractivity contribution in [3.05, 3.63) is 71.1 Å². The summed E-state index contributed by atoms with van der Waals surface area (Å²) in [4.78, 5) is 4.15. The smallest absolute Gasteiger partial charge is 0.213 e. The first-order valence-corrected chi connectivity index (χ1v) is 7.36. The van der Waals surface area contributed by atoms with Crippen molar-refractivity contribution in [1.82, 2.24) is 14.7 Å². The van der Waals surface area contributed by atoms with Crippen LogP contribution in [-0.2, 0) is 6.54 Å². The van der Waals surface area contributed by atoms with Crippen LogP contribution in [0.3, 0.4) is 0 Å². The molecule has 0 saturated carbocycles. The molecule has 3 rings (SSSR count). The standard InChI is InChI=1S/C18H17N3O2/c1-13-16(12-21-11-10-19-18(21)14(2)22)20-23-17(13)9-8-15-6-4-3-5-7-15/h3-7,10-11,14,22H,12H2,1-2H3. The Morgan fingerprint density at radius 2 is 2.04 bits per heavy atom. The second-order valence-electron chi connectivity index (χ2n) is 5.29. The molecule has 5 nitrogen and oxygen atoms in total. The molecule has 116 valence electrons. The minimum atomic E-state index is -0.630. The van der Waals surface area contributed by atoms with Crippen molar-refractivity contribution in [3.8, 4) is 11.8 Å². The van der Waals surface area contributed by atoms with Crippen LogP contribution in [0.5, 0.6) is 0 Å². The fraction of sp³-hybridized carbons (Fsp3) is 0.222. The average Bonchev–Trinajstić information content (AvgIpc) is 3.15. The minimum Gasteiger partial charge on any atom is -0.385 e. The van der Waals surface area contributed by atoms with Gasteiger partial charge in [-0.2, -0.15) is 0 Å². The maximum Gasteiger partial charge on any atom is 0.213 e. The number of aliphatic hydroxyl groups excluding tert-OH is 1. The zero-order valence-electron chi connectivity index (χ0n) is 13.0. The van der Waals surface area contributed by atoms with Gasteiger partial charge in [0.25, 0.3) is 0 Å². The van der Waals surface area contributed by atoms with Crippen molar-refractivity contribution in [3.63, 3.8) is 0 Å². The van der Waals surface area contributed by atoms with Gasteiger partial charge in [0.1, 0.15) is 17.6 Å². The Hall–Kier alpha value is -2.84. The van der Waals surface area contributed by atoms with E-state index in [1.54, 1.807) is 13.1 Å². The molecule has 0 radical (unpaired) electrons. The molecule has 0 amide bonds. The number of aromatic nitrogens is 3. The molecule has 1 atom stereocenters. The number of nitrogens with zero attached hydrogens (tertiary/aromatic N) is 3. The Morgan fingerprint density at radius 3 is 2.78 bits per heavy atom. The van der Waals surface area contributed by atoms with Gasteiger partial charge in [0.05, 0.1) is 6.54 Å². The van der Waals surface area contributed by atoms with E-state index in [1.807, 2.05) is 48.0 Å². The van der Waals surface area contributed by atoms with Gasteiger partial charge in [-0.15, -0.1) is 0 Å². The van der Waals surface area contributed by atoms with E-state index in [9.17, 15) is 5.11 Å². The fourth-order valence-electron chi connectivity index (χ4n) is 2.27. The van der Waals surface area contributed by atoms with Crippen LogP contribution in [0.4, 0.5) is 0 Å². The van der Waals surface area contributed by atoms with Crippen molar-refractivity contribution in [2.45, 2.75) is 26.5 Å². The quantitative estimate of drug-likeness (QED) is 0.756. The van der Waals surface area contributed by atoms with Crippen LogP contribution < -0.4 is 0 Å². The molecular formula is C18H17N3O2. The lowest BCUT2D eigenvalue weighted by atomic mass is 10.2. The largest absolute Gasteiger partial charge is 0.385 e. The summed E-state index contributed by atoms with van der Waals surface area (Å²) in [5.74, 6) is 7.23. The lowest BCUT2D eigenvalue weighted by Crippen LogP contribution is -2.08. The third-order valence-electron chi connectivity index (χ3n) is 3.56. The second-order valence-corrected chi connectivity index (χ2v) is 5.29. The summed E-state index contributed by atoms with van der Waals surface area (Å²) in [5, 5.41) is 13.8. The highest BCUT2D eigenvalue weighted by molar-refractivity contribution is 5.42. The van der Waals surface area contributed by atoms with Crippen LogP contribution in [0.2, 0.25) is 0 Å². The van der Waals surface area contributed by atoms with Crippen molar-refractivity contribution in [2.75, 3.05) is 0 Å². The van der Waals surface area contributed by atoms with E-state index in [1.165, 1.54) is 0 Å². The summed E-state index contributed by atoms with van der Waals surface area (Å²) in [6, 6.07) is 9.73. The molecule has 1 aromatic carbocycles. The van der Waals surface area contributed by atoms with Gasteiger partial charge < -0.3 is 14.2 Å². The van der Waals surface area contributed by atoms with Crippen molar-refractivity contribution >= 4 is 0 Å². The van der Waals surface area contributed by atoms with E-state index in [4.69, 9.17) is 4.52 Å². The summed E-state index contributed by atoms with van der Waals surface area (Å²) >= 11 is 0. The highest BCUT2D eigenvalue weighted by Crippen LogP contribution is 2.16. The Morgan fingerprint density at radius 1 is 1.26 bits per heavy atom. The van der Waals surface area contributed by atoms with E-state index in [-0.39, 0.29) is 0 Å². The molecule has 2 heterocycles. The highest BCUT2D eigenvalue weighted by atomic mass is 16.5. The molecular weight excluding hydrogens is 290 g/mol. The second kappa shape index (κ2) is 6.51. The van der Waals surface area contributed by atoms with Crippen molar-refractivity contribution < 1.29 is 9.63 Å². The topological polar surface area (TPSA) is 64.1 Å². The first-order chi connectivity index (χ1) is 11.1. The lowest BCUT2D eigenvalue weighted by molar-refractivity contribution is 0.184. The molecule has 23 heavy (non-hydrogen) atoms. The molecule has 2 aromatic heterocycles. The van der Waals surface area contributed by atoms with E-state index < -0.39 is 6.10 Å². The predicted molar refractivity (Wildman–Crippen MR) is 85.6 cm³/mol. The number of aliphatic hydroxyl groups is 1. The molecule has 1 unspecified atom stereocenters. The van der Waals surface area contributed by atoms with Crippen LogP contribution >= 0.6 is 0 Å². The third kappa shape index (κ3) is 3.33. The van der Waals surface area contributed by atoms with Gasteiger partial charge in [-0.05, 0) is 31.9 Å². The predicted octanol–water partition coefficient (Wildman–Crippen LogP) is 2.68. The Balaban J connectivity index is 1.83. The number of rotatable bonds is 3. The van der Waals surface area contributed by atoms with E-state index in [0.717, 1.165) is 16.8 Å². The molecule has 1 N–H and O–H groups in total. The number of imidazole rings is 1. The number of hydrogen-bond donors (Lipinski definition) is 1. The molecule has 5 heteroatoms. The SMILES string of the molecule is Cc1c(Cn2ccnc2C(C)O)noc1C#Cc1ccccc1. The van der Waals surface area contributed by atoms with Gasteiger partial charge in [-0.25, -0.2) is 4.98 Å². The molecule has 0 aliphatic heterocycles. The molecule has 0 bridgehead atoms. The maximum atomic E-state index is 9.71. The van der Waals surface area contributed by atoms with Crippen LogP contribution in [0.1, 0.15) is 41.4 Å². The first-order valence-electron chi connectivity index (χ1n) is 7.36. The van der Waals surface area contributed by atoms with Gasteiger partial charge in [0.15, 0.2) is 0 Å². The monoisotopic (exact) mass is 307 g/mol. The molecule has 0 saturated heterocycles. The van der Waals surface area contributed by atoms with Gasteiger partial charge in [-0.1, -0.05) is 29.3 Å². The van der Waals surface area contributed by atoms with Crippen LogP contribution in [-0.4, -0.2) is 19.8 Å². The molecule has 3 aromatic rings. The molecule has 0 spiro atoms. The van der Waals surface area contributed by atoms with Crippen LogP contribution in [0.25, 0.3) is 0 Å². The van der Waals surface area contributed by atoms with Crippen LogP contribution in [0.15, 0.2) is 47.2 Å². The van der Waals surface area contributed by atoms with Crippen LogP contribution in [0, 0.1) is 18.8 Å². The zero-order chi connectivity index (χ0) is 16.2. The Labute approximate surface area is 134 Å². The van der Waals surface area contributed by atoms with Gasteiger partial charge >= 0.3 is 0 Å². The maximum absolute atomic E-state index is 9.71. The highest BCUT2D eigenvalue weighted by Gasteiger charge is 2.14. The summed E-state index contributed by atoms with van der Waals surface area (Å²) in [6.07, 6.45) is 2.84.